The van der Waals surface area contributed by atoms with Gasteiger partial charge in [0, 0.05) is 19.6 Å². The molecule has 3 nitrogen and oxygen atoms in total. The SMILES string of the molecule is C=C(/C=C\OC)CCCOCCCOc1ccc(C)cc1. The lowest BCUT2D eigenvalue weighted by atomic mass is 10.2. The van der Waals surface area contributed by atoms with Crippen LogP contribution in [0, 0.1) is 6.92 Å². The zero-order valence-corrected chi connectivity index (χ0v) is 13.1. The Hall–Kier alpha value is -1.74. The Bertz CT molecular complexity index is 421. The van der Waals surface area contributed by atoms with Crippen LogP contribution < -0.4 is 4.74 Å². The van der Waals surface area contributed by atoms with E-state index in [-0.39, 0.29) is 0 Å². The van der Waals surface area contributed by atoms with Gasteiger partial charge in [-0.3, -0.25) is 0 Å². The van der Waals surface area contributed by atoms with Crippen molar-refractivity contribution in [1.29, 1.82) is 0 Å². The topological polar surface area (TPSA) is 27.7 Å². The number of methoxy groups -OCH3 is 1. The summed E-state index contributed by atoms with van der Waals surface area (Å²) in [6, 6.07) is 8.10. The summed E-state index contributed by atoms with van der Waals surface area (Å²) in [5.41, 5.74) is 2.30. The third kappa shape index (κ3) is 8.92. The Morgan fingerprint density at radius 3 is 2.52 bits per heavy atom. The Morgan fingerprint density at radius 1 is 1.10 bits per heavy atom. The number of rotatable bonds is 11. The average molecular weight is 290 g/mol. The quantitative estimate of drug-likeness (QED) is 0.346. The summed E-state index contributed by atoms with van der Waals surface area (Å²) >= 11 is 0. The fourth-order valence-electron chi connectivity index (χ4n) is 1.74. The maximum absolute atomic E-state index is 5.63. The molecule has 0 saturated heterocycles. The lowest BCUT2D eigenvalue weighted by Crippen LogP contribution is -2.04. The van der Waals surface area contributed by atoms with Crippen molar-refractivity contribution >= 4 is 0 Å². The van der Waals surface area contributed by atoms with Crippen LogP contribution in [-0.4, -0.2) is 26.9 Å². The largest absolute Gasteiger partial charge is 0.504 e. The number of hydrogen-bond acceptors (Lipinski definition) is 3. The third-order valence-electron chi connectivity index (χ3n) is 2.95. The van der Waals surface area contributed by atoms with E-state index < -0.39 is 0 Å². The molecule has 1 aromatic rings. The first-order valence-corrected chi connectivity index (χ1v) is 7.36. The molecule has 0 saturated carbocycles. The first-order chi connectivity index (χ1) is 10.2. The van der Waals surface area contributed by atoms with E-state index in [1.807, 2.05) is 18.2 Å². The predicted molar refractivity (Wildman–Crippen MR) is 86.6 cm³/mol. The Balaban J connectivity index is 1.94. The maximum atomic E-state index is 5.63. The minimum Gasteiger partial charge on any atom is -0.504 e. The Morgan fingerprint density at radius 2 is 1.81 bits per heavy atom. The van der Waals surface area contributed by atoms with Crippen molar-refractivity contribution in [2.45, 2.75) is 26.2 Å². The second-order valence-corrected chi connectivity index (χ2v) is 4.93. The molecule has 0 spiro atoms. The summed E-state index contributed by atoms with van der Waals surface area (Å²) in [5, 5.41) is 0. The number of benzene rings is 1. The number of hydrogen-bond donors (Lipinski definition) is 0. The standard InChI is InChI=1S/C18H26O3/c1-16(11-15-19-3)6-4-12-20-13-5-14-21-18-9-7-17(2)8-10-18/h7-11,15H,1,4-6,12-14H2,2-3H3/b15-11-. The lowest BCUT2D eigenvalue weighted by Gasteiger charge is -2.07. The summed E-state index contributed by atoms with van der Waals surface area (Å²) in [6.07, 6.45) is 6.34. The first-order valence-electron chi connectivity index (χ1n) is 7.36. The highest BCUT2D eigenvalue weighted by atomic mass is 16.5. The van der Waals surface area contributed by atoms with Crippen LogP contribution in [0.4, 0.5) is 0 Å². The Labute approximate surface area is 128 Å². The molecule has 1 aromatic carbocycles. The maximum Gasteiger partial charge on any atom is 0.119 e. The monoisotopic (exact) mass is 290 g/mol. The van der Waals surface area contributed by atoms with Gasteiger partial charge in [0.2, 0.25) is 0 Å². The molecule has 21 heavy (non-hydrogen) atoms. The molecule has 1 rings (SSSR count). The van der Waals surface area contributed by atoms with E-state index in [4.69, 9.17) is 14.2 Å². The summed E-state index contributed by atoms with van der Waals surface area (Å²) < 4.78 is 16.0. The zero-order chi connectivity index (χ0) is 15.3. The second-order valence-electron chi connectivity index (χ2n) is 4.93. The minimum absolute atomic E-state index is 0.687. The van der Waals surface area contributed by atoms with Crippen molar-refractivity contribution in [3.8, 4) is 5.75 Å². The molecule has 0 bridgehead atoms. The van der Waals surface area contributed by atoms with Crippen molar-refractivity contribution in [3.63, 3.8) is 0 Å². The molecule has 116 valence electrons. The van der Waals surface area contributed by atoms with Crippen LogP contribution >= 0.6 is 0 Å². The molecule has 0 atom stereocenters. The van der Waals surface area contributed by atoms with Crippen LogP contribution in [0.3, 0.4) is 0 Å². The minimum atomic E-state index is 0.687. The molecule has 3 heteroatoms. The van der Waals surface area contributed by atoms with Crippen LogP contribution in [0.25, 0.3) is 0 Å². The number of ether oxygens (including phenoxy) is 3. The normalized spacial score (nSPS) is 10.8. The van der Waals surface area contributed by atoms with Gasteiger partial charge in [-0.15, -0.1) is 0 Å². The van der Waals surface area contributed by atoms with E-state index in [0.717, 1.165) is 43.8 Å². The van der Waals surface area contributed by atoms with Crippen molar-refractivity contribution in [2.24, 2.45) is 0 Å². The summed E-state index contributed by atoms with van der Waals surface area (Å²) in [5.74, 6) is 0.918. The molecule has 0 unspecified atom stereocenters. The van der Waals surface area contributed by atoms with Crippen LogP contribution in [0.1, 0.15) is 24.8 Å². The lowest BCUT2D eigenvalue weighted by molar-refractivity contribution is 0.117. The van der Waals surface area contributed by atoms with Gasteiger partial charge in [0.15, 0.2) is 0 Å². The van der Waals surface area contributed by atoms with E-state index in [1.54, 1.807) is 13.4 Å². The predicted octanol–water partition coefficient (Wildman–Crippen LogP) is 4.28. The second kappa shape index (κ2) is 11.0. The van der Waals surface area contributed by atoms with Crippen molar-refractivity contribution in [3.05, 3.63) is 54.3 Å². The van der Waals surface area contributed by atoms with Crippen molar-refractivity contribution < 1.29 is 14.2 Å². The van der Waals surface area contributed by atoms with Gasteiger partial charge in [0.1, 0.15) is 5.75 Å². The molecule has 0 radical (unpaired) electrons. The molecule has 0 aliphatic heterocycles. The van der Waals surface area contributed by atoms with Crippen LogP contribution in [0.15, 0.2) is 48.8 Å². The fraction of sp³-hybridized carbons (Fsp3) is 0.444. The van der Waals surface area contributed by atoms with Crippen LogP contribution in [-0.2, 0) is 9.47 Å². The van der Waals surface area contributed by atoms with Gasteiger partial charge >= 0.3 is 0 Å². The fourth-order valence-corrected chi connectivity index (χ4v) is 1.74. The molecule has 0 N–H and O–H groups in total. The van der Waals surface area contributed by atoms with E-state index in [1.165, 1.54) is 5.56 Å². The van der Waals surface area contributed by atoms with Gasteiger partial charge in [-0.2, -0.15) is 0 Å². The summed E-state index contributed by atoms with van der Waals surface area (Å²) in [4.78, 5) is 0. The van der Waals surface area contributed by atoms with Crippen LogP contribution in [0.2, 0.25) is 0 Å². The van der Waals surface area contributed by atoms with E-state index in [2.05, 4.69) is 25.6 Å². The number of allylic oxidation sites excluding steroid dienone is 2. The molecule has 0 heterocycles. The van der Waals surface area contributed by atoms with E-state index in [9.17, 15) is 0 Å². The zero-order valence-electron chi connectivity index (χ0n) is 13.1. The van der Waals surface area contributed by atoms with Crippen LogP contribution in [0.5, 0.6) is 5.75 Å². The number of aryl methyl sites for hydroxylation is 1. The molecular formula is C18H26O3. The third-order valence-corrected chi connectivity index (χ3v) is 2.95. The molecular weight excluding hydrogens is 264 g/mol. The highest BCUT2D eigenvalue weighted by molar-refractivity contribution is 5.26. The van der Waals surface area contributed by atoms with Gasteiger partial charge in [-0.1, -0.05) is 29.8 Å². The van der Waals surface area contributed by atoms with Crippen molar-refractivity contribution in [2.75, 3.05) is 26.9 Å². The van der Waals surface area contributed by atoms with Crippen molar-refractivity contribution in [1.82, 2.24) is 0 Å². The molecule has 0 aliphatic rings. The van der Waals surface area contributed by atoms with E-state index >= 15 is 0 Å². The first kappa shape index (κ1) is 17.3. The highest BCUT2D eigenvalue weighted by Crippen LogP contribution is 2.11. The molecule has 0 aliphatic carbocycles. The van der Waals surface area contributed by atoms with Gasteiger partial charge in [0.25, 0.3) is 0 Å². The average Bonchev–Trinajstić information content (AvgIpc) is 2.49. The van der Waals surface area contributed by atoms with Gasteiger partial charge in [-0.05, 0) is 38.0 Å². The highest BCUT2D eigenvalue weighted by Gasteiger charge is 1.95. The summed E-state index contributed by atoms with van der Waals surface area (Å²) in [6.45, 7) is 8.17. The smallest absolute Gasteiger partial charge is 0.119 e. The molecule has 0 fully saturated rings. The summed E-state index contributed by atoms with van der Waals surface area (Å²) in [7, 11) is 1.63. The molecule has 0 aromatic heterocycles. The van der Waals surface area contributed by atoms with E-state index in [0.29, 0.717) is 6.61 Å². The molecule has 0 amide bonds. The Kier molecular flexibility index (Phi) is 9.05. The van der Waals surface area contributed by atoms with Gasteiger partial charge < -0.3 is 14.2 Å². The van der Waals surface area contributed by atoms with Gasteiger partial charge in [-0.25, -0.2) is 0 Å². The van der Waals surface area contributed by atoms with Gasteiger partial charge in [0.05, 0.1) is 20.0 Å².